The highest BCUT2D eigenvalue weighted by atomic mass is 16.3. The molecule has 0 heterocycles. The minimum absolute atomic E-state index is 0.0140. The maximum Gasteiger partial charge on any atom is 0.221 e. The van der Waals surface area contributed by atoms with E-state index in [1.54, 1.807) is 0 Å². The van der Waals surface area contributed by atoms with E-state index >= 15 is 0 Å². The number of phenols is 1. The molecule has 3 heteroatoms. The molecule has 0 aliphatic carbocycles. The molecule has 3 rings (SSSR count). The van der Waals surface area contributed by atoms with E-state index in [4.69, 9.17) is 0 Å². The van der Waals surface area contributed by atoms with Crippen LogP contribution in [0.3, 0.4) is 0 Å². The molecule has 0 aliphatic rings. The van der Waals surface area contributed by atoms with Crippen molar-refractivity contribution in [2.75, 3.05) is 0 Å². The van der Waals surface area contributed by atoms with Crippen LogP contribution < -0.4 is 5.32 Å². The number of amides is 1. The van der Waals surface area contributed by atoms with Crippen molar-refractivity contribution >= 4 is 5.91 Å². The molecule has 0 saturated carbocycles. The van der Waals surface area contributed by atoms with Crippen molar-refractivity contribution in [3.63, 3.8) is 0 Å². The minimum Gasteiger partial charge on any atom is -0.507 e. The number of hydrogen-bond donors (Lipinski definition) is 2. The number of benzene rings is 3. The Morgan fingerprint density at radius 3 is 2.21 bits per heavy atom. The van der Waals surface area contributed by atoms with Crippen molar-refractivity contribution in [2.45, 2.75) is 45.6 Å². The molecule has 1 amide bonds. The van der Waals surface area contributed by atoms with E-state index in [9.17, 15) is 9.90 Å². The first-order valence-electron chi connectivity index (χ1n) is 10.1. The maximum atomic E-state index is 12.9. The summed E-state index contributed by atoms with van der Waals surface area (Å²) in [5.74, 6) is 0.0725. The van der Waals surface area contributed by atoms with Gasteiger partial charge in [0.2, 0.25) is 5.91 Å². The van der Waals surface area contributed by atoms with E-state index in [0.29, 0.717) is 6.42 Å². The van der Waals surface area contributed by atoms with E-state index in [2.05, 4.69) is 17.4 Å². The van der Waals surface area contributed by atoms with Gasteiger partial charge >= 0.3 is 0 Å². The molecule has 3 aromatic carbocycles. The van der Waals surface area contributed by atoms with Crippen molar-refractivity contribution < 1.29 is 9.90 Å². The van der Waals surface area contributed by atoms with Gasteiger partial charge < -0.3 is 10.4 Å². The summed E-state index contributed by atoms with van der Waals surface area (Å²) in [5, 5.41) is 13.9. The lowest BCUT2D eigenvalue weighted by atomic mass is 9.86. The lowest BCUT2D eigenvalue weighted by Gasteiger charge is -2.22. The number of carbonyl (C=O) groups excluding carboxylic acids is 1. The van der Waals surface area contributed by atoms with Gasteiger partial charge in [-0.25, -0.2) is 0 Å². The van der Waals surface area contributed by atoms with Crippen LogP contribution in [-0.4, -0.2) is 17.1 Å². The number of phenolic OH excluding ortho intramolecular Hbond substituents is 1. The molecule has 0 spiro atoms. The van der Waals surface area contributed by atoms with Gasteiger partial charge in [-0.2, -0.15) is 0 Å². The number of hydrogen-bond acceptors (Lipinski definition) is 2. The fraction of sp³-hybridized carbons (Fsp3) is 0.269. The summed E-state index contributed by atoms with van der Waals surface area (Å²) in [4.78, 5) is 12.9. The normalized spacial score (nSPS) is 12.9. The van der Waals surface area contributed by atoms with Crippen molar-refractivity contribution in [3.05, 3.63) is 101 Å². The summed E-state index contributed by atoms with van der Waals surface area (Å²) < 4.78 is 0. The highest BCUT2D eigenvalue weighted by Gasteiger charge is 2.23. The molecule has 150 valence electrons. The molecule has 2 N–H and O–H groups in total. The Kier molecular flexibility index (Phi) is 6.71. The lowest BCUT2D eigenvalue weighted by Crippen LogP contribution is -2.35. The van der Waals surface area contributed by atoms with Gasteiger partial charge in [-0.1, -0.05) is 72.8 Å². The van der Waals surface area contributed by atoms with Gasteiger partial charge in [0.25, 0.3) is 0 Å². The molecular formula is C26H29NO2. The maximum absolute atomic E-state index is 12.9. The molecule has 0 aromatic heterocycles. The van der Waals surface area contributed by atoms with Crippen LogP contribution in [0.4, 0.5) is 0 Å². The molecule has 0 bridgehead atoms. The van der Waals surface area contributed by atoms with Crippen LogP contribution in [0.5, 0.6) is 5.75 Å². The molecule has 0 aliphatic heterocycles. The van der Waals surface area contributed by atoms with E-state index in [1.807, 2.05) is 81.4 Å². The third-order valence-corrected chi connectivity index (χ3v) is 5.49. The number of rotatable bonds is 7. The van der Waals surface area contributed by atoms with Gasteiger partial charge in [-0.15, -0.1) is 0 Å². The number of aryl methyl sites for hydroxylation is 1. The van der Waals surface area contributed by atoms with Crippen LogP contribution in [-0.2, 0) is 11.2 Å². The summed E-state index contributed by atoms with van der Waals surface area (Å²) in [6, 6.07) is 24.1. The second-order valence-electron chi connectivity index (χ2n) is 7.77. The number of aromatic hydroxyl groups is 1. The third-order valence-electron chi connectivity index (χ3n) is 5.49. The van der Waals surface area contributed by atoms with Crippen molar-refractivity contribution in [1.29, 1.82) is 0 Å². The Morgan fingerprint density at radius 2 is 1.55 bits per heavy atom. The zero-order valence-electron chi connectivity index (χ0n) is 17.4. The Bertz CT molecular complexity index is 951. The van der Waals surface area contributed by atoms with E-state index in [1.165, 1.54) is 5.56 Å². The summed E-state index contributed by atoms with van der Waals surface area (Å²) in [7, 11) is 0. The zero-order valence-corrected chi connectivity index (χ0v) is 17.4. The highest BCUT2D eigenvalue weighted by molar-refractivity contribution is 5.78. The molecule has 3 nitrogen and oxygen atoms in total. The van der Waals surface area contributed by atoms with Gasteiger partial charge in [0, 0.05) is 23.9 Å². The second kappa shape index (κ2) is 9.42. The number of nitrogens with one attached hydrogen (secondary N) is 1. The first-order valence-corrected chi connectivity index (χ1v) is 10.1. The predicted octanol–water partition coefficient (Wildman–Crippen LogP) is 5.28. The molecule has 0 fully saturated rings. The molecule has 0 unspecified atom stereocenters. The van der Waals surface area contributed by atoms with Gasteiger partial charge in [-0.05, 0) is 49.4 Å². The van der Waals surface area contributed by atoms with Crippen LogP contribution in [0, 0.1) is 13.8 Å². The average Bonchev–Trinajstić information content (AvgIpc) is 2.72. The van der Waals surface area contributed by atoms with Crippen LogP contribution in [0.25, 0.3) is 0 Å². The largest absolute Gasteiger partial charge is 0.507 e. The lowest BCUT2D eigenvalue weighted by molar-refractivity contribution is -0.121. The predicted molar refractivity (Wildman–Crippen MR) is 118 cm³/mol. The fourth-order valence-electron chi connectivity index (χ4n) is 3.73. The van der Waals surface area contributed by atoms with Gasteiger partial charge in [0.05, 0.1) is 0 Å². The van der Waals surface area contributed by atoms with Crippen molar-refractivity contribution in [1.82, 2.24) is 5.32 Å². The Morgan fingerprint density at radius 1 is 0.931 bits per heavy atom. The topological polar surface area (TPSA) is 49.3 Å². The number of carbonyl (C=O) groups is 1. The van der Waals surface area contributed by atoms with Crippen LogP contribution >= 0.6 is 0 Å². The van der Waals surface area contributed by atoms with Crippen LogP contribution in [0.1, 0.15) is 47.1 Å². The van der Waals surface area contributed by atoms with Crippen molar-refractivity contribution in [3.8, 4) is 5.75 Å². The summed E-state index contributed by atoms with van der Waals surface area (Å²) in [6.07, 6.45) is 1.08. The molecular weight excluding hydrogens is 358 g/mol. The smallest absolute Gasteiger partial charge is 0.221 e. The highest BCUT2D eigenvalue weighted by Crippen LogP contribution is 2.36. The molecule has 29 heavy (non-hydrogen) atoms. The monoisotopic (exact) mass is 387 g/mol. The standard InChI is InChI=1S/C26H29NO2/c1-18-14-15-23(26(29)20(18)3)24(22-12-8-5-9-13-22)17-25(28)27-19(2)16-21-10-6-4-7-11-21/h4-15,19,24,29H,16-17H2,1-3H3,(H,27,28)/t19-,24-/m1/s1. The molecule has 0 saturated heterocycles. The molecule has 3 aromatic rings. The Hall–Kier alpha value is -3.07. The summed E-state index contributed by atoms with van der Waals surface area (Å²) >= 11 is 0. The van der Waals surface area contributed by atoms with Crippen molar-refractivity contribution in [2.24, 2.45) is 0 Å². The second-order valence-corrected chi connectivity index (χ2v) is 7.77. The first kappa shape index (κ1) is 20.7. The Labute approximate surface area is 173 Å². The summed E-state index contributed by atoms with van der Waals surface area (Å²) in [5.41, 5.74) is 4.93. The fourth-order valence-corrected chi connectivity index (χ4v) is 3.73. The average molecular weight is 388 g/mol. The molecule has 0 radical (unpaired) electrons. The van der Waals surface area contributed by atoms with Gasteiger partial charge in [0.1, 0.15) is 5.75 Å². The quantitative estimate of drug-likeness (QED) is 0.579. The zero-order chi connectivity index (χ0) is 20.8. The van der Waals surface area contributed by atoms with Gasteiger partial charge in [0.15, 0.2) is 0 Å². The van der Waals surface area contributed by atoms with E-state index < -0.39 is 0 Å². The molecule has 2 atom stereocenters. The van der Waals surface area contributed by atoms with E-state index in [0.717, 1.165) is 28.7 Å². The first-order chi connectivity index (χ1) is 14.0. The SMILES string of the molecule is Cc1ccc([C@H](CC(=O)N[C@H](C)Cc2ccccc2)c2ccccc2)c(O)c1C. The Balaban J connectivity index is 1.79. The minimum atomic E-state index is -0.195. The summed E-state index contributed by atoms with van der Waals surface area (Å²) in [6.45, 7) is 5.92. The third kappa shape index (κ3) is 5.26. The van der Waals surface area contributed by atoms with Crippen LogP contribution in [0.2, 0.25) is 0 Å². The van der Waals surface area contributed by atoms with E-state index in [-0.39, 0.29) is 23.6 Å². The van der Waals surface area contributed by atoms with Crippen LogP contribution in [0.15, 0.2) is 72.8 Å². The van der Waals surface area contributed by atoms with Gasteiger partial charge in [-0.3, -0.25) is 4.79 Å².